The average molecular weight is 193 g/mol. The molecule has 1 aliphatic carbocycles. The summed E-state index contributed by atoms with van der Waals surface area (Å²) in [5, 5.41) is 0. The first-order valence-electron chi connectivity index (χ1n) is 3.46. The molecule has 1 rings (SSSR count). The Hall–Kier alpha value is 0.440. The molecule has 1 nitrogen and oxygen atoms in total. The molecule has 1 saturated carbocycles. The van der Waals surface area contributed by atoms with Crippen LogP contribution in [0.25, 0.3) is 0 Å². The highest BCUT2D eigenvalue weighted by atomic mass is 79.9. The number of hydrogen-bond acceptors (Lipinski definition) is 1. The quantitative estimate of drug-likeness (QED) is 0.611. The van der Waals surface area contributed by atoms with Crippen LogP contribution in [0.2, 0.25) is 0 Å². The number of hydrogen-bond donors (Lipinski definition) is 0. The van der Waals surface area contributed by atoms with Gasteiger partial charge in [0.25, 0.3) is 0 Å². The minimum Gasteiger partial charge on any atom is -0.384 e. The van der Waals surface area contributed by atoms with E-state index in [2.05, 4.69) is 15.9 Å². The van der Waals surface area contributed by atoms with Crippen LogP contribution in [0.1, 0.15) is 19.3 Å². The summed E-state index contributed by atoms with van der Waals surface area (Å²) in [6.07, 6.45) is 3.96. The monoisotopic (exact) mass is 192 g/mol. The molecule has 1 aliphatic rings. The van der Waals surface area contributed by atoms with Crippen molar-refractivity contribution in [2.45, 2.75) is 24.1 Å². The summed E-state index contributed by atoms with van der Waals surface area (Å²) in [5.41, 5.74) is 0. The fourth-order valence-corrected chi connectivity index (χ4v) is 2.19. The van der Waals surface area contributed by atoms with E-state index in [1.165, 1.54) is 19.3 Å². The molecule has 0 heterocycles. The summed E-state index contributed by atoms with van der Waals surface area (Å²) in [5.74, 6) is 0.819. The predicted octanol–water partition coefficient (Wildman–Crippen LogP) is 2.20. The highest BCUT2D eigenvalue weighted by Crippen LogP contribution is 2.30. The maximum atomic E-state index is 5.05. The topological polar surface area (TPSA) is 9.23 Å². The summed E-state index contributed by atoms with van der Waals surface area (Å²) in [4.78, 5) is 0.762. The van der Waals surface area contributed by atoms with Crippen LogP contribution in [0.4, 0.5) is 0 Å². The van der Waals surface area contributed by atoms with Gasteiger partial charge in [-0.3, -0.25) is 0 Å². The average Bonchev–Trinajstić information content (AvgIpc) is 2.17. The van der Waals surface area contributed by atoms with Gasteiger partial charge in [-0.15, -0.1) is 0 Å². The molecule has 0 aromatic carbocycles. The minimum absolute atomic E-state index is 0.762. The largest absolute Gasteiger partial charge is 0.384 e. The van der Waals surface area contributed by atoms with Gasteiger partial charge in [0.05, 0.1) is 0 Å². The highest BCUT2D eigenvalue weighted by Gasteiger charge is 2.21. The molecule has 2 unspecified atom stereocenters. The van der Waals surface area contributed by atoms with Crippen LogP contribution >= 0.6 is 15.9 Å². The molecular weight excluding hydrogens is 180 g/mol. The molecular formula is C7H13BrO. The van der Waals surface area contributed by atoms with E-state index in [1.807, 2.05) is 0 Å². The first kappa shape index (κ1) is 7.55. The third-order valence-electron chi connectivity index (χ3n) is 1.88. The lowest BCUT2D eigenvalue weighted by molar-refractivity contribution is 0.155. The van der Waals surface area contributed by atoms with Gasteiger partial charge in [-0.05, 0) is 25.2 Å². The second-order valence-corrected chi connectivity index (χ2v) is 4.03. The molecule has 2 atom stereocenters. The molecule has 54 valence electrons. The molecule has 0 spiro atoms. The van der Waals surface area contributed by atoms with Gasteiger partial charge >= 0.3 is 0 Å². The van der Waals surface area contributed by atoms with Crippen LogP contribution in [0.15, 0.2) is 0 Å². The Kier molecular flexibility index (Phi) is 2.99. The van der Waals surface area contributed by atoms with Crippen molar-refractivity contribution < 1.29 is 4.74 Å². The van der Waals surface area contributed by atoms with Crippen LogP contribution in [0.3, 0.4) is 0 Å². The van der Waals surface area contributed by atoms with Crippen LogP contribution in [0.5, 0.6) is 0 Å². The van der Waals surface area contributed by atoms with Crippen molar-refractivity contribution in [2.75, 3.05) is 13.7 Å². The Labute approximate surface area is 64.9 Å². The lowest BCUT2D eigenvalue weighted by Crippen LogP contribution is -2.03. The van der Waals surface area contributed by atoms with Gasteiger partial charge in [-0.25, -0.2) is 0 Å². The number of halogens is 1. The van der Waals surface area contributed by atoms with E-state index in [9.17, 15) is 0 Å². The first-order valence-corrected chi connectivity index (χ1v) is 4.37. The van der Waals surface area contributed by atoms with Gasteiger partial charge < -0.3 is 4.74 Å². The van der Waals surface area contributed by atoms with Gasteiger partial charge in [0, 0.05) is 18.5 Å². The number of methoxy groups -OCH3 is 1. The smallest absolute Gasteiger partial charge is 0.0490 e. The van der Waals surface area contributed by atoms with Crippen molar-refractivity contribution in [3.8, 4) is 0 Å². The van der Waals surface area contributed by atoms with E-state index in [1.54, 1.807) is 7.11 Å². The second kappa shape index (κ2) is 3.57. The Morgan fingerprint density at radius 3 is 2.78 bits per heavy atom. The van der Waals surface area contributed by atoms with E-state index in [4.69, 9.17) is 4.74 Å². The van der Waals surface area contributed by atoms with Crippen molar-refractivity contribution in [1.82, 2.24) is 0 Å². The molecule has 0 N–H and O–H groups in total. The van der Waals surface area contributed by atoms with Gasteiger partial charge in [-0.1, -0.05) is 15.9 Å². The molecule has 0 aromatic rings. The molecule has 9 heavy (non-hydrogen) atoms. The Balaban J connectivity index is 2.14. The summed E-state index contributed by atoms with van der Waals surface area (Å²) >= 11 is 3.59. The van der Waals surface area contributed by atoms with Gasteiger partial charge in [0.15, 0.2) is 0 Å². The summed E-state index contributed by atoms with van der Waals surface area (Å²) in [7, 11) is 1.78. The fraction of sp³-hybridized carbons (Fsp3) is 1.00. The fourth-order valence-electron chi connectivity index (χ4n) is 1.40. The zero-order valence-electron chi connectivity index (χ0n) is 5.77. The Morgan fingerprint density at radius 1 is 1.56 bits per heavy atom. The Bertz CT molecular complexity index is 83.0. The van der Waals surface area contributed by atoms with Crippen molar-refractivity contribution in [3.63, 3.8) is 0 Å². The third-order valence-corrected chi connectivity index (χ3v) is 2.71. The van der Waals surface area contributed by atoms with E-state index in [0.717, 1.165) is 17.4 Å². The third kappa shape index (κ3) is 2.26. The van der Waals surface area contributed by atoms with Gasteiger partial charge in [-0.2, -0.15) is 0 Å². The van der Waals surface area contributed by atoms with Crippen molar-refractivity contribution in [3.05, 3.63) is 0 Å². The number of alkyl halides is 1. The second-order valence-electron chi connectivity index (χ2n) is 2.73. The standard InChI is InChI=1S/C7H13BrO/c1-9-5-6-2-3-7(8)4-6/h6-7H,2-5H2,1H3. The summed E-state index contributed by atoms with van der Waals surface area (Å²) in [6, 6.07) is 0. The SMILES string of the molecule is COCC1CCC(Br)C1. The molecule has 0 radical (unpaired) electrons. The number of rotatable bonds is 2. The van der Waals surface area contributed by atoms with Gasteiger partial charge in [0.1, 0.15) is 0 Å². The number of ether oxygens (including phenoxy) is 1. The van der Waals surface area contributed by atoms with E-state index >= 15 is 0 Å². The van der Waals surface area contributed by atoms with E-state index in [-0.39, 0.29) is 0 Å². The van der Waals surface area contributed by atoms with E-state index in [0.29, 0.717) is 0 Å². The van der Waals surface area contributed by atoms with Crippen LogP contribution in [-0.4, -0.2) is 18.5 Å². The Morgan fingerprint density at radius 2 is 2.33 bits per heavy atom. The molecule has 0 bridgehead atoms. The molecule has 1 fully saturated rings. The molecule has 2 heteroatoms. The maximum Gasteiger partial charge on any atom is 0.0490 e. The van der Waals surface area contributed by atoms with Crippen molar-refractivity contribution in [2.24, 2.45) is 5.92 Å². The van der Waals surface area contributed by atoms with Crippen molar-refractivity contribution in [1.29, 1.82) is 0 Å². The van der Waals surface area contributed by atoms with Crippen LogP contribution < -0.4 is 0 Å². The van der Waals surface area contributed by atoms with Gasteiger partial charge in [0.2, 0.25) is 0 Å². The van der Waals surface area contributed by atoms with Crippen LogP contribution in [0, 0.1) is 5.92 Å². The summed E-state index contributed by atoms with van der Waals surface area (Å²) < 4.78 is 5.05. The molecule has 0 amide bonds. The molecule has 0 saturated heterocycles. The van der Waals surface area contributed by atoms with E-state index < -0.39 is 0 Å². The first-order chi connectivity index (χ1) is 4.33. The lowest BCUT2D eigenvalue weighted by atomic mass is 10.1. The highest BCUT2D eigenvalue weighted by molar-refractivity contribution is 9.09. The lowest BCUT2D eigenvalue weighted by Gasteiger charge is -2.05. The molecule has 0 aliphatic heterocycles. The zero-order valence-corrected chi connectivity index (χ0v) is 7.36. The maximum absolute atomic E-state index is 5.05. The van der Waals surface area contributed by atoms with Crippen LogP contribution in [-0.2, 0) is 4.74 Å². The normalized spacial score (nSPS) is 35.3. The predicted molar refractivity (Wildman–Crippen MR) is 41.9 cm³/mol. The summed E-state index contributed by atoms with van der Waals surface area (Å²) in [6.45, 7) is 0.947. The zero-order chi connectivity index (χ0) is 6.69. The van der Waals surface area contributed by atoms with Crippen molar-refractivity contribution >= 4 is 15.9 Å². The molecule has 0 aromatic heterocycles. The minimum atomic E-state index is 0.762.